The second kappa shape index (κ2) is 6.95. The van der Waals surface area contributed by atoms with E-state index >= 15 is 0 Å². The summed E-state index contributed by atoms with van der Waals surface area (Å²) in [4.78, 5) is 0. The number of furan rings is 1. The molecular weight excluding hydrogens is 234 g/mol. The highest BCUT2D eigenvalue weighted by Crippen LogP contribution is 2.16. The molecule has 2 aromatic rings. The van der Waals surface area contributed by atoms with Gasteiger partial charge in [0.1, 0.15) is 6.04 Å². The summed E-state index contributed by atoms with van der Waals surface area (Å²) in [7, 11) is 0. The van der Waals surface area contributed by atoms with Gasteiger partial charge in [0.05, 0.1) is 12.8 Å². The van der Waals surface area contributed by atoms with Crippen molar-refractivity contribution < 1.29 is 9.73 Å². The van der Waals surface area contributed by atoms with Gasteiger partial charge >= 0.3 is 0 Å². The molecule has 100 valence electrons. The quantitative estimate of drug-likeness (QED) is 0.758. The molecule has 0 aliphatic carbocycles. The lowest BCUT2D eigenvalue weighted by Gasteiger charge is -2.13. The van der Waals surface area contributed by atoms with Crippen LogP contribution < -0.4 is 5.32 Å². The zero-order valence-electron chi connectivity index (χ0n) is 11.5. The molecule has 1 aromatic carbocycles. The Morgan fingerprint density at radius 3 is 2.63 bits per heavy atom. The molecule has 0 spiro atoms. The average molecular weight is 256 g/mol. The summed E-state index contributed by atoms with van der Waals surface area (Å²) in [6, 6.07) is 14.9. The summed E-state index contributed by atoms with van der Waals surface area (Å²) >= 11 is 0. The highest BCUT2D eigenvalue weighted by molar-refractivity contribution is 5.14. The largest absolute Gasteiger partial charge is 0.463 e. The zero-order valence-corrected chi connectivity index (χ0v) is 11.5. The minimum atomic E-state index is 0.344. The van der Waals surface area contributed by atoms with Crippen LogP contribution in [0, 0.1) is 0 Å². The van der Waals surface area contributed by atoms with Crippen LogP contribution in [0.3, 0.4) is 0 Å². The van der Waals surface area contributed by atoms with Gasteiger partial charge in [-0.05, 0) is 24.6 Å². The summed E-state index contributed by atoms with van der Waals surface area (Å²) in [6.07, 6.45) is 3.78. The Kier molecular flexibility index (Phi) is 4.99. The molecule has 0 radical (unpaired) electrons. The lowest BCUT2D eigenvalue weighted by Crippen LogP contribution is -2.85. The van der Waals surface area contributed by atoms with Crippen molar-refractivity contribution in [1.82, 2.24) is 0 Å². The van der Waals surface area contributed by atoms with Crippen LogP contribution >= 0.6 is 0 Å². The van der Waals surface area contributed by atoms with Crippen molar-refractivity contribution in [1.29, 1.82) is 0 Å². The van der Waals surface area contributed by atoms with Crippen molar-refractivity contribution in [3.8, 4) is 0 Å². The lowest BCUT2D eigenvalue weighted by atomic mass is 10.1. The maximum absolute atomic E-state index is 5.53. The van der Waals surface area contributed by atoms with Crippen LogP contribution in [-0.2, 0) is 6.42 Å². The Hall–Kier alpha value is -1.80. The molecule has 1 aromatic heterocycles. The van der Waals surface area contributed by atoms with Crippen molar-refractivity contribution >= 4 is 0 Å². The molecule has 2 N–H and O–H groups in total. The summed E-state index contributed by atoms with van der Waals surface area (Å²) in [5.74, 6) is 1.04. The molecule has 0 saturated carbocycles. The Balaban J connectivity index is 1.88. The third-order valence-corrected chi connectivity index (χ3v) is 3.20. The highest BCUT2D eigenvalue weighted by Gasteiger charge is 2.17. The Morgan fingerprint density at radius 2 is 2.00 bits per heavy atom. The topological polar surface area (TPSA) is 29.8 Å². The number of hydrogen-bond donors (Lipinski definition) is 1. The van der Waals surface area contributed by atoms with Crippen molar-refractivity contribution in [2.75, 3.05) is 6.54 Å². The normalized spacial score (nSPS) is 12.3. The first kappa shape index (κ1) is 13.6. The first-order valence-corrected chi connectivity index (χ1v) is 6.81. The second-order valence-electron chi connectivity index (χ2n) is 5.04. The van der Waals surface area contributed by atoms with E-state index in [1.165, 1.54) is 11.1 Å². The summed E-state index contributed by atoms with van der Waals surface area (Å²) in [5, 5.41) is 2.35. The molecule has 2 heteroatoms. The molecular formula is C17H22NO+. The van der Waals surface area contributed by atoms with E-state index in [1.54, 1.807) is 6.26 Å². The van der Waals surface area contributed by atoms with Crippen LogP contribution in [0.2, 0.25) is 0 Å². The fraction of sp³-hybridized carbons (Fsp3) is 0.294. The number of benzene rings is 1. The van der Waals surface area contributed by atoms with Gasteiger partial charge in [-0.2, -0.15) is 0 Å². The van der Waals surface area contributed by atoms with Gasteiger partial charge < -0.3 is 9.73 Å². The first-order chi connectivity index (χ1) is 9.25. The van der Waals surface area contributed by atoms with Gasteiger partial charge in [-0.3, -0.25) is 0 Å². The Labute approximate surface area is 115 Å². The number of hydrogen-bond acceptors (Lipinski definition) is 1. The summed E-state index contributed by atoms with van der Waals surface area (Å²) in [5.41, 5.74) is 2.57. The average Bonchev–Trinajstić information content (AvgIpc) is 2.92. The molecule has 19 heavy (non-hydrogen) atoms. The molecule has 2 rings (SSSR count). The van der Waals surface area contributed by atoms with Gasteiger partial charge in [-0.1, -0.05) is 42.5 Å². The van der Waals surface area contributed by atoms with E-state index in [0.717, 1.165) is 25.1 Å². The maximum Gasteiger partial charge on any atom is 0.161 e. The van der Waals surface area contributed by atoms with E-state index in [2.05, 4.69) is 49.2 Å². The highest BCUT2D eigenvalue weighted by atomic mass is 16.3. The van der Waals surface area contributed by atoms with Crippen molar-refractivity contribution in [3.63, 3.8) is 0 Å². The Morgan fingerprint density at radius 1 is 1.21 bits per heavy atom. The number of nitrogens with two attached hydrogens (primary N) is 1. The fourth-order valence-corrected chi connectivity index (χ4v) is 2.27. The predicted molar refractivity (Wildman–Crippen MR) is 77.8 cm³/mol. The minimum absolute atomic E-state index is 0.344. The molecule has 0 bridgehead atoms. The SMILES string of the molecule is C=C(C)C[C@@H]([NH2+]CCc1ccccc1)c1ccco1. The van der Waals surface area contributed by atoms with Crippen LogP contribution in [0.15, 0.2) is 65.3 Å². The predicted octanol–water partition coefficient (Wildman–Crippen LogP) is 3.09. The van der Waals surface area contributed by atoms with Crippen LogP contribution in [0.5, 0.6) is 0 Å². The van der Waals surface area contributed by atoms with E-state index in [0.29, 0.717) is 6.04 Å². The van der Waals surface area contributed by atoms with E-state index in [1.807, 2.05) is 12.1 Å². The van der Waals surface area contributed by atoms with Gasteiger partial charge in [0.2, 0.25) is 0 Å². The molecule has 0 amide bonds. The first-order valence-electron chi connectivity index (χ1n) is 6.81. The number of rotatable bonds is 7. The molecule has 0 fully saturated rings. The third-order valence-electron chi connectivity index (χ3n) is 3.20. The summed E-state index contributed by atoms with van der Waals surface area (Å²) in [6.45, 7) is 7.14. The Bertz CT molecular complexity index is 487. The van der Waals surface area contributed by atoms with Gasteiger partial charge in [-0.25, -0.2) is 0 Å². The van der Waals surface area contributed by atoms with Crippen LogP contribution in [0.1, 0.15) is 30.7 Å². The maximum atomic E-state index is 5.53. The minimum Gasteiger partial charge on any atom is -0.463 e. The monoisotopic (exact) mass is 256 g/mol. The van der Waals surface area contributed by atoms with Crippen LogP contribution in [0.4, 0.5) is 0 Å². The molecule has 1 atom stereocenters. The standard InChI is InChI=1S/C17H21NO/c1-14(2)13-16(17-9-6-12-19-17)18-11-10-15-7-4-3-5-8-15/h3-9,12,16,18H,1,10-11,13H2,2H3/p+1/t16-/m1/s1. The van der Waals surface area contributed by atoms with E-state index < -0.39 is 0 Å². The van der Waals surface area contributed by atoms with Gasteiger partial charge in [-0.15, -0.1) is 0 Å². The van der Waals surface area contributed by atoms with Crippen molar-refractivity contribution in [2.24, 2.45) is 0 Å². The van der Waals surface area contributed by atoms with Crippen molar-refractivity contribution in [2.45, 2.75) is 25.8 Å². The van der Waals surface area contributed by atoms with E-state index in [-0.39, 0.29) is 0 Å². The molecule has 0 unspecified atom stereocenters. The lowest BCUT2D eigenvalue weighted by molar-refractivity contribution is -0.697. The molecule has 0 aliphatic heterocycles. The fourth-order valence-electron chi connectivity index (χ4n) is 2.27. The van der Waals surface area contributed by atoms with Crippen LogP contribution in [0.25, 0.3) is 0 Å². The van der Waals surface area contributed by atoms with Crippen molar-refractivity contribution in [3.05, 3.63) is 72.2 Å². The summed E-state index contributed by atoms with van der Waals surface area (Å²) < 4.78 is 5.53. The molecule has 2 nitrogen and oxygen atoms in total. The number of quaternary nitrogens is 1. The van der Waals surface area contributed by atoms with Gasteiger partial charge in [0.25, 0.3) is 0 Å². The van der Waals surface area contributed by atoms with Gasteiger partial charge in [0.15, 0.2) is 5.76 Å². The molecule has 0 aliphatic rings. The van der Waals surface area contributed by atoms with E-state index in [4.69, 9.17) is 4.42 Å². The molecule has 0 saturated heterocycles. The third kappa shape index (κ3) is 4.42. The zero-order chi connectivity index (χ0) is 13.5. The molecule has 1 heterocycles. The van der Waals surface area contributed by atoms with Crippen LogP contribution in [-0.4, -0.2) is 6.54 Å². The smallest absolute Gasteiger partial charge is 0.161 e. The second-order valence-corrected chi connectivity index (χ2v) is 5.04. The van der Waals surface area contributed by atoms with Gasteiger partial charge in [0, 0.05) is 12.8 Å². The van der Waals surface area contributed by atoms with E-state index in [9.17, 15) is 0 Å².